The molecule has 5 heteroatoms. The number of hydrogen-bond acceptors (Lipinski definition) is 5. The van der Waals surface area contributed by atoms with Crippen molar-refractivity contribution in [3.8, 4) is 6.07 Å². The molecule has 0 amide bonds. The molecular weight excluding hydrogens is 346 g/mol. The molecule has 0 aliphatic rings. The van der Waals surface area contributed by atoms with E-state index in [1.165, 1.54) is 0 Å². The van der Waals surface area contributed by atoms with Gasteiger partial charge in [-0.3, -0.25) is 15.0 Å². The van der Waals surface area contributed by atoms with E-state index in [9.17, 15) is 0 Å². The second-order valence-electron chi connectivity index (χ2n) is 6.22. The molecule has 0 saturated heterocycles. The molecule has 28 heavy (non-hydrogen) atoms. The Bertz CT molecular complexity index is 1020. The maximum absolute atomic E-state index is 9.16. The van der Waals surface area contributed by atoms with E-state index in [1.54, 1.807) is 18.6 Å². The van der Waals surface area contributed by atoms with E-state index in [4.69, 9.17) is 5.26 Å². The van der Waals surface area contributed by atoms with Crippen molar-refractivity contribution in [3.05, 3.63) is 115 Å². The zero-order chi connectivity index (χ0) is 19.2. The monoisotopic (exact) mass is 363 g/mol. The lowest BCUT2D eigenvalue weighted by Crippen LogP contribution is -2.25. The van der Waals surface area contributed by atoms with Crippen LogP contribution in [0.25, 0.3) is 0 Å². The first-order valence-electron chi connectivity index (χ1n) is 8.86. The van der Waals surface area contributed by atoms with Crippen molar-refractivity contribution >= 4 is 11.4 Å². The average Bonchev–Trinajstić information content (AvgIpc) is 2.79. The maximum Gasteiger partial charge on any atom is 0.0991 e. The lowest BCUT2D eigenvalue weighted by Gasteiger charge is -2.34. The molecule has 3 heterocycles. The predicted octanol–water partition coefficient (Wildman–Crippen LogP) is 4.67. The van der Waals surface area contributed by atoms with Crippen LogP contribution >= 0.6 is 0 Å². The van der Waals surface area contributed by atoms with Gasteiger partial charge in [-0.15, -0.1) is 0 Å². The van der Waals surface area contributed by atoms with Crippen LogP contribution in [0.2, 0.25) is 0 Å². The fourth-order valence-electron chi connectivity index (χ4n) is 3.21. The first kappa shape index (κ1) is 17.4. The van der Waals surface area contributed by atoms with Crippen molar-refractivity contribution in [1.82, 2.24) is 15.0 Å². The van der Waals surface area contributed by atoms with Gasteiger partial charge in [0.15, 0.2) is 0 Å². The molecule has 3 aromatic heterocycles. The Morgan fingerprint density at radius 3 is 1.71 bits per heavy atom. The molecule has 4 rings (SSSR count). The molecule has 0 unspecified atom stereocenters. The van der Waals surface area contributed by atoms with Crippen molar-refractivity contribution < 1.29 is 0 Å². The zero-order valence-corrected chi connectivity index (χ0v) is 15.1. The summed E-state index contributed by atoms with van der Waals surface area (Å²) in [6.45, 7) is 0. The standard InChI is InChI=1S/C23H17N5/c24-14-18-7-9-21(10-8-18)28(22-6-3-13-27-17-22)23(19-4-1-11-25-15-19)20-5-2-12-26-16-20/h1-13,15-17,23H. The minimum atomic E-state index is -0.153. The Morgan fingerprint density at radius 1 is 0.679 bits per heavy atom. The topological polar surface area (TPSA) is 65.7 Å². The van der Waals surface area contributed by atoms with E-state index in [-0.39, 0.29) is 6.04 Å². The summed E-state index contributed by atoms with van der Waals surface area (Å²) in [5.74, 6) is 0. The largest absolute Gasteiger partial charge is 0.328 e. The smallest absolute Gasteiger partial charge is 0.0991 e. The molecule has 134 valence electrons. The van der Waals surface area contributed by atoms with Crippen LogP contribution in [0.3, 0.4) is 0 Å². The average molecular weight is 363 g/mol. The Labute approximate surface area is 163 Å². The predicted molar refractivity (Wildman–Crippen MR) is 108 cm³/mol. The molecule has 4 aromatic rings. The number of benzene rings is 1. The summed E-state index contributed by atoms with van der Waals surface area (Å²) in [5.41, 5.74) is 4.57. The Hall–Kier alpha value is -4.04. The highest BCUT2D eigenvalue weighted by atomic mass is 15.2. The van der Waals surface area contributed by atoms with Gasteiger partial charge in [-0.1, -0.05) is 12.1 Å². The summed E-state index contributed by atoms with van der Waals surface area (Å²) in [6.07, 6.45) is 10.8. The summed E-state index contributed by atoms with van der Waals surface area (Å²) in [5, 5.41) is 9.16. The molecule has 0 atom stereocenters. The van der Waals surface area contributed by atoms with Crippen LogP contribution in [-0.2, 0) is 0 Å². The zero-order valence-electron chi connectivity index (χ0n) is 15.1. The molecule has 0 bridgehead atoms. The maximum atomic E-state index is 9.16. The molecule has 1 aromatic carbocycles. The second-order valence-corrected chi connectivity index (χ2v) is 6.22. The van der Waals surface area contributed by atoms with Crippen LogP contribution in [0, 0.1) is 11.3 Å². The van der Waals surface area contributed by atoms with Crippen molar-refractivity contribution in [3.63, 3.8) is 0 Å². The van der Waals surface area contributed by atoms with Crippen LogP contribution in [0.1, 0.15) is 22.7 Å². The van der Waals surface area contributed by atoms with Gasteiger partial charge in [-0.2, -0.15) is 5.26 Å². The van der Waals surface area contributed by atoms with E-state index < -0.39 is 0 Å². The van der Waals surface area contributed by atoms with E-state index in [2.05, 4.69) is 38.1 Å². The van der Waals surface area contributed by atoms with Gasteiger partial charge < -0.3 is 4.90 Å². The number of pyridine rings is 3. The molecule has 0 aliphatic carbocycles. The van der Waals surface area contributed by atoms with Crippen LogP contribution < -0.4 is 4.90 Å². The minimum absolute atomic E-state index is 0.153. The highest BCUT2D eigenvalue weighted by Crippen LogP contribution is 2.38. The molecule has 0 N–H and O–H groups in total. The van der Waals surface area contributed by atoms with Crippen molar-refractivity contribution in [2.24, 2.45) is 0 Å². The molecule has 0 spiro atoms. The Morgan fingerprint density at radius 2 is 1.25 bits per heavy atom. The van der Waals surface area contributed by atoms with E-state index in [0.29, 0.717) is 5.56 Å². The molecule has 5 nitrogen and oxygen atoms in total. The molecular formula is C23H17N5. The third-order valence-corrected chi connectivity index (χ3v) is 4.46. The SMILES string of the molecule is N#Cc1ccc(N(c2cccnc2)C(c2cccnc2)c2cccnc2)cc1. The van der Waals surface area contributed by atoms with E-state index >= 15 is 0 Å². The first-order valence-corrected chi connectivity index (χ1v) is 8.86. The van der Waals surface area contributed by atoms with Crippen LogP contribution in [0.5, 0.6) is 0 Å². The third-order valence-electron chi connectivity index (χ3n) is 4.46. The minimum Gasteiger partial charge on any atom is -0.328 e. The quantitative estimate of drug-likeness (QED) is 0.515. The molecule has 0 radical (unpaired) electrons. The highest BCUT2D eigenvalue weighted by Gasteiger charge is 2.25. The number of aromatic nitrogens is 3. The Kier molecular flexibility index (Phi) is 5.03. The van der Waals surface area contributed by atoms with Gasteiger partial charge in [0.2, 0.25) is 0 Å². The summed E-state index contributed by atoms with van der Waals surface area (Å²) < 4.78 is 0. The number of rotatable bonds is 5. The van der Waals surface area contributed by atoms with Crippen LogP contribution in [0.15, 0.2) is 97.8 Å². The third kappa shape index (κ3) is 3.57. The van der Waals surface area contributed by atoms with Crippen molar-refractivity contribution in [2.45, 2.75) is 6.04 Å². The number of hydrogen-bond donors (Lipinski definition) is 0. The van der Waals surface area contributed by atoms with Gasteiger partial charge >= 0.3 is 0 Å². The fourth-order valence-corrected chi connectivity index (χ4v) is 3.21. The summed E-state index contributed by atoms with van der Waals surface area (Å²) in [7, 11) is 0. The van der Waals surface area contributed by atoms with Gasteiger partial charge in [0.25, 0.3) is 0 Å². The van der Waals surface area contributed by atoms with Crippen LogP contribution in [0.4, 0.5) is 11.4 Å². The summed E-state index contributed by atoms with van der Waals surface area (Å²) >= 11 is 0. The van der Waals surface area contributed by atoms with Crippen molar-refractivity contribution in [2.75, 3.05) is 4.90 Å². The molecule has 0 aliphatic heterocycles. The number of nitriles is 1. The highest BCUT2D eigenvalue weighted by molar-refractivity contribution is 5.66. The molecule has 0 fully saturated rings. The van der Waals surface area contributed by atoms with Gasteiger partial charge in [0.05, 0.1) is 29.6 Å². The van der Waals surface area contributed by atoms with Crippen molar-refractivity contribution in [1.29, 1.82) is 5.26 Å². The lowest BCUT2D eigenvalue weighted by molar-refractivity contribution is 0.806. The summed E-state index contributed by atoms with van der Waals surface area (Å²) in [4.78, 5) is 15.1. The van der Waals surface area contributed by atoms with E-state index in [0.717, 1.165) is 22.5 Å². The fraction of sp³-hybridized carbons (Fsp3) is 0.0435. The first-order chi connectivity index (χ1) is 13.9. The Balaban J connectivity index is 1.92. The summed E-state index contributed by atoms with van der Waals surface area (Å²) in [6, 6.07) is 21.5. The lowest BCUT2D eigenvalue weighted by atomic mass is 9.98. The van der Waals surface area contributed by atoms with Gasteiger partial charge in [-0.05, 0) is 59.7 Å². The van der Waals surface area contributed by atoms with E-state index in [1.807, 2.05) is 67.1 Å². The second kappa shape index (κ2) is 8.11. The van der Waals surface area contributed by atoms with Gasteiger partial charge in [0, 0.05) is 36.7 Å². The molecule has 0 saturated carbocycles. The number of anilines is 2. The van der Waals surface area contributed by atoms with Crippen LogP contribution in [-0.4, -0.2) is 15.0 Å². The number of nitrogens with zero attached hydrogens (tertiary/aromatic N) is 5. The van der Waals surface area contributed by atoms with Gasteiger partial charge in [0.1, 0.15) is 0 Å². The normalized spacial score (nSPS) is 10.4. The van der Waals surface area contributed by atoms with Gasteiger partial charge in [-0.25, -0.2) is 0 Å².